The molecule has 28 heavy (non-hydrogen) atoms. The van der Waals surface area contributed by atoms with Crippen LogP contribution >= 0.6 is 0 Å². The van der Waals surface area contributed by atoms with Gasteiger partial charge in [-0.2, -0.15) is 0 Å². The van der Waals surface area contributed by atoms with Gasteiger partial charge in [-0.05, 0) is 30.9 Å². The summed E-state index contributed by atoms with van der Waals surface area (Å²) in [4.78, 5) is 2.29. The summed E-state index contributed by atoms with van der Waals surface area (Å²) in [5.74, 6) is 4.28. The molecule has 136 valence electrons. The lowest BCUT2D eigenvalue weighted by atomic mass is 9.61. The fraction of sp³-hybridized carbons (Fsp3) is 0.125. The van der Waals surface area contributed by atoms with Crippen LogP contribution < -0.4 is 9.38 Å². The van der Waals surface area contributed by atoms with E-state index in [4.69, 9.17) is 4.42 Å². The molecule has 0 saturated heterocycles. The summed E-state index contributed by atoms with van der Waals surface area (Å²) in [6.45, 7) is 4.59. The summed E-state index contributed by atoms with van der Waals surface area (Å²) < 4.78 is 8.50. The summed E-state index contributed by atoms with van der Waals surface area (Å²) in [6.07, 6.45) is 4.40. The second-order valence-corrected chi connectivity index (χ2v) is 7.49. The summed E-state index contributed by atoms with van der Waals surface area (Å²) in [5, 5.41) is 1.16. The monoisotopic (exact) mass is 365 g/mol. The summed E-state index contributed by atoms with van der Waals surface area (Å²) in [5.41, 5.74) is 5.81. The molecule has 0 N–H and O–H groups in total. The molecule has 0 bridgehead atoms. The van der Waals surface area contributed by atoms with E-state index in [0.29, 0.717) is 0 Å². The number of benzene rings is 2. The van der Waals surface area contributed by atoms with Crippen molar-refractivity contribution in [1.82, 2.24) is 0 Å². The molecule has 0 aliphatic carbocycles. The molecule has 1 aliphatic heterocycles. The van der Waals surface area contributed by atoms with Crippen molar-refractivity contribution in [3.63, 3.8) is 0 Å². The molecule has 3 nitrogen and oxygen atoms in total. The Bertz CT molecular complexity index is 1210. The maximum Gasteiger partial charge on any atom is 0.405 e. The van der Waals surface area contributed by atoms with Crippen molar-refractivity contribution in [2.75, 3.05) is 4.81 Å². The van der Waals surface area contributed by atoms with E-state index in [0.717, 1.165) is 28.2 Å². The number of pyridine rings is 1. The van der Waals surface area contributed by atoms with Crippen molar-refractivity contribution in [2.24, 2.45) is 7.05 Å². The first kappa shape index (κ1) is 16.9. The highest BCUT2D eigenvalue weighted by Gasteiger charge is 2.37. The van der Waals surface area contributed by atoms with Gasteiger partial charge >= 0.3 is 6.85 Å². The second-order valence-electron chi connectivity index (χ2n) is 7.49. The smallest absolute Gasteiger partial charge is 0.405 e. The van der Waals surface area contributed by atoms with Crippen LogP contribution in [0.15, 0.2) is 77.3 Å². The fourth-order valence-electron chi connectivity index (χ4n) is 4.11. The number of hydrogen-bond donors (Lipinski definition) is 0. The normalized spacial score (nSPS) is 13.2. The van der Waals surface area contributed by atoms with E-state index in [1.165, 1.54) is 16.7 Å². The van der Waals surface area contributed by atoms with Gasteiger partial charge in [0.1, 0.15) is 5.58 Å². The highest BCUT2D eigenvalue weighted by molar-refractivity contribution is 6.69. The van der Waals surface area contributed by atoms with Gasteiger partial charge in [-0.25, -0.2) is 4.57 Å². The zero-order valence-electron chi connectivity index (χ0n) is 16.4. The highest BCUT2D eigenvalue weighted by atomic mass is 16.4. The van der Waals surface area contributed by atoms with E-state index in [1.54, 1.807) is 0 Å². The van der Waals surface area contributed by atoms with Crippen LogP contribution in [0.25, 0.3) is 28.2 Å². The molecule has 0 amide bonds. The number of nitrogens with zero attached hydrogens (tertiary/aromatic N) is 2. The SMILES string of the molecule is CB1C=Cc2c(oc3ccccc23)N1c1cc(C)c(-c2ccccc2)c[n+]1C. The average molecular weight is 365 g/mol. The minimum atomic E-state index is 0.209. The number of aryl methyl sites for hydroxylation is 2. The first-order valence-corrected chi connectivity index (χ1v) is 9.68. The first-order valence-electron chi connectivity index (χ1n) is 9.68. The molecule has 2 aromatic carbocycles. The van der Waals surface area contributed by atoms with Crippen molar-refractivity contribution >= 4 is 35.6 Å². The predicted octanol–water partition coefficient (Wildman–Crippen LogP) is 5.56. The molecule has 2 aromatic heterocycles. The van der Waals surface area contributed by atoms with Crippen LogP contribution in [-0.4, -0.2) is 6.85 Å². The lowest BCUT2D eigenvalue weighted by Gasteiger charge is -2.23. The fourth-order valence-corrected chi connectivity index (χ4v) is 4.11. The molecule has 0 atom stereocenters. The van der Waals surface area contributed by atoms with Crippen LogP contribution in [0.2, 0.25) is 6.82 Å². The maximum absolute atomic E-state index is 6.30. The molecule has 0 fully saturated rings. The average Bonchev–Trinajstić information content (AvgIpc) is 3.09. The van der Waals surface area contributed by atoms with Crippen LogP contribution in [-0.2, 0) is 7.05 Å². The highest BCUT2D eigenvalue weighted by Crippen LogP contribution is 2.40. The second kappa shape index (κ2) is 6.41. The molecule has 0 saturated carbocycles. The Morgan fingerprint density at radius 2 is 1.75 bits per heavy atom. The third-order valence-corrected chi connectivity index (χ3v) is 5.57. The number of rotatable bonds is 2. The number of para-hydroxylation sites is 1. The van der Waals surface area contributed by atoms with Gasteiger partial charge in [0, 0.05) is 17.0 Å². The summed E-state index contributed by atoms with van der Waals surface area (Å²) >= 11 is 0. The first-order chi connectivity index (χ1) is 13.6. The van der Waals surface area contributed by atoms with Gasteiger partial charge in [0.25, 0.3) is 11.7 Å². The van der Waals surface area contributed by atoms with Crippen molar-refractivity contribution in [2.45, 2.75) is 13.7 Å². The van der Waals surface area contributed by atoms with E-state index in [1.807, 2.05) is 12.1 Å². The Kier molecular flexibility index (Phi) is 3.87. The molecular weight excluding hydrogens is 343 g/mol. The van der Waals surface area contributed by atoms with Crippen LogP contribution in [0, 0.1) is 6.92 Å². The lowest BCUT2D eigenvalue weighted by molar-refractivity contribution is -0.657. The zero-order valence-corrected chi connectivity index (χ0v) is 16.4. The van der Waals surface area contributed by atoms with Crippen LogP contribution in [0.1, 0.15) is 11.1 Å². The minimum Gasteiger partial charge on any atom is -0.423 e. The van der Waals surface area contributed by atoms with E-state index in [-0.39, 0.29) is 6.85 Å². The van der Waals surface area contributed by atoms with Gasteiger partial charge in [0.05, 0.1) is 18.8 Å². The van der Waals surface area contributed by atoms with E-state index in [9.17, 15) is 0 Å². The van der Waals surface area contributed by atoms with Gasteiger partial charge in [0.2, 0.25) is 0 Å². The van der Waals surface area contributed by atoms with E-state index in [2.05, 4.69) is 97.0 Å². The molecule has 4 heteroatoms. The summed E-state index contributed by atoms with van der Waals surface area (Å²) in [7, 11) is 2.11. The topological polar surface area (TPSA) is 20.3 Å². The quantitative estimate of drug-likeness (QED) is 0.342. The third kappa shape index (κ3) is 2.56. The Morgan fingerprint density at radius 1 is 1.00 bits per heavy atom. The Labute approximate surface area is 165 Å². The molecule has 0 radical (unpaired) electrons. The largest absolute Gasteiger partial charge is 0.423 e. The predicted molar refractivity (Wildman–Crippen MR) is 117 cm³/mol. The van der Waals surface area contributed by atoms with E-state index >= 15 is 0 Å². The molecule has 4 aromatic rings. The van der Waals surface area contributed by atoms with Crippen molar-refractivity contribution in [3.8, 4) is 11.1 Å². The number of anilines is 2. The van der Waals surface area contributed by atoms with Crippen LogP contribution in [0.3, 0.4) is 0 Å². The molecule has 0 spiro atoms. The Balaban J connectivity index is 1.68. The molecule has 1 aliphatic rings. The van der Waals surface area contributed by atoms with Crippen molar-refractivity contribution < 1.29 is 8.98 Å². The van der Waals surface area contributed by atoms with Gasteiger partial charge in [0.15, 0.2) is 0 Å². The van der Waals surface area contributed by atoms with Crippen molar-refractivity contribution in [1.29, 1.82) is 0 Å². The van der Waals surface area contributed by atoms with Crippen molar-refractivity contribution in [3.05, 3.63) is 84.0 Å². The zero-order chi connectivity index (χ0) is 19.3. The molecule has 5 rings (SSSR count). The van der Waals surface area contributed by atoms with Crippen LogP contribution in [0.5, 0.6) is 0 Å². The number of aromatic nitrogens is 1. The standard InChI is InChI=1S/C24H22BN2O/c1-17-15-23(26(3)16-21(17)18-9-5-4-6-10-18)27-24-20(13-14-25(27)2)19-11-7-8-12-22(19)28-24/h4-16H,1-3H3/q+1. The third-order valence-electron chi connectivity index (χ3n) is 5.57. The molecular formula is C24H22BN2O+. The van der Waals surface area contributed by atoms with Gasteiger partial charge in [-0.3, -0.25) is 4.81 Å². The van der Waals surface area contributed by atoms with Gasteiger partial charge in [-0.15, -0.1) is 0 Å². The number of furan rings is 1. The Morgan fingerprint density at radius 3 is 2.57 bits per heavy atom. The molecule has 3 heterocycles. The van der Waals surface area contributed by atoms with E-state index < -0.39 is 0 Å². The Hall–Kier alpha value is -3.27. The van der Waals surface area contributed by atoms with Crippen LogP contribution in [0.4, 0.5) is 11.7 Å². The number of hydrogen-bond acceptors (Lipinski definition) is 2. The maximum atomic E-state index is 6.30. The summed E-state index contributed by atoms with van der Waals surface area (Å²) in [6, 6.07) is 21.0. The lowest BCUT2D eigenvalue weighted by Crippen LogP contribution is -2.43. The molecule has 0 unspecified atom stereocenters. The minimum absolute atomic E-state index is 0.209. The number of fused-ring (bicyclic) bond motifs is 3. The van der Waals surface area contributed by atoms with Gasteiger partial charge in [-0.1, -0.05) is 60.6 Å². The van der Waals surface area contributed by atoms with Gasteiger partial charge < -0.3 is 4.42 Å².